The average molecular weight is 376 g/mol. The van der Waals surface area contributed by atoms with Crippen molar-refractivity contribution >= 4 is 17.0 Å². The molecule has 1 unspecified atom stereocenters. The number of pyridine rings is 1. The van der Waals surface area contributed by atoms with Crippen LogP contribution < -0.4 is 5.32 Å². The fourth-order valence-corrected chi connectivity index (χ4v) is 2.91. The molecule has 1 aromatic carbocycles. The molecule has 0 saturated heterocycles. The summed E-state index contributed by atoms with van der Waals surface area (Å²) in [4.78, 5) is 17.8. The van der Waals surface area contributed by atoms with Crippen molar-refractivity contribution in [1.29, 1.82) is 0 Å². The summed E-state index contributed by atoms with van der Waals surface area (Å²) in [6.45, 7) is 5.17. The van der Waals surface area contributed by atoms with Crippen molar-refractivity contribution in [2.45, 2.75) is 20.3 Å². The first-order valence-electron chi connectivity index (χ1n) is 9.30. The van der Waals surface area contributed by atoms with Crippen LogP contribution in [0.5, 0.6) is 0 Å². The molecule has 1 N–H and O–H groups in total. The number of hydrogen-bond donors (Lipinski definition) is 1. The predicted octanol–water partition coefficient (Wildman–Crippen LogP) is 4.47. The monoisotopic (exact) mass is 376 g/mol. The van der Waals surface area contributed by atoms with E-state index in [1.807, 2.05) is 10.6 Å². The number of benzene rings is 1. The van der Waals surface area contributed by atoms with E-state index in [4.69, 9.17) is 4.98 Å². The van der Waals surface area contributed by atoms with Crippen LogP contribution in [0.3, 0.4) is 0 Å². The van der Waals surface area contributed by atoms with Crippen LogP contribution in [0, 0.1) is 11.7 Å². The minimum absolute atomic E-state index is 0.284. The number of hydrogen-bond acceptors (Lipinski definition) is 5. The molecule has 3 heterocycles. The van der Waals surface area contributed by atoms with Gasteiger partial charge in [-0.15, -0.1) is 0 Å². The third-order valence-electron chi connectivity index (χ3n) is 4.76. The molecule has 0 bridgehead atoms. The smallest absolute Gasteiger partial charge is 0.222 e. The van der Waals surface area contributed by atoms with Crippen molar-refractivity contribution in [3.05, 3.63) is 60.9 Å². The van der Waals surface area contributed by atoms with Crippen molar-refractivity contribution in [2.75, 3.05) is 11.9 Å². The molecular formula is C21H21FN6. The molecule has 4 rings (SSSR count). The van der Waals surface area contributed by atoms with E-state index in [2.05, 4.69) is 34.1 Å². The van der Waals surface area contributed by atoms with Crippen LogP contribution >= 0.6 is 0 Å². The summed E-state index contributed by atoms with van der Waals surface area (Å²) in [7, 11) is 0. The molecule has 0 aliphatic heterocycles. The molecule has 7 heteroatoms. The fourth-order valence-electron chi connectivity index (χ4n) is 2.91. The lowest BCUT2D eigenvalue weighted by atomic mass is 10.1. The zero-order chi connectivity index (χ0) is 19.5. The second kappa shape index (κ2) is 7.72. The third-order valence-corrected chi connectivity index (χ3v) is 4.76. The van der Waals surface area contributed by atoms with Crippen LogP contribution in [0.1, 0.15) is 20.3 Å². The Kier molecular flexibility index (Phi) is 4.97. The van der Waals surface area contributed by atoms with Crippen LogP contribution in [0.2, 0.25) is 0 Å². The Morgan fingerprint density at radius 2 is 1.82 bits per heavy atom. The van der Waals surface area contributed by atoms with Crippen molar-refractivity contribution in [3.63, 3.8) is 0 Å². The SMILES string of the molecule is CCC(C)CNc1ncc(-c2nc3ccncc3n2-c2ccc(F)cc2)cn1. The Morgan fingerprint density at radius 3 is 2.54 bits per heavy atom. The van der Waals surface area contributed by atoms with Gasteiger partial charge in [0.2, 0.25) is 5.95 Å². The van der Waals surface area contributed by atoms with E-state index in [1.165, 1.54) is 12.1 Å². The van der Waals surface area contributed by atoms with E-state index in [0.717, 1.165) is 35.2 Å². The lowest BCUT2D eigenvalue weighted by Gasteiger charge is -2.11. The first-order chi connectivity index (χ1) is 13.7. The maximum Gasteiger partial charge on any atom is 0.222 e. The van der Waals surface area contributed by atoms with Gasteiger partial charge < -0.3 is 5.32 Å². The lowest BCUT2D eigenvalue weighted by Crippen LogP contribution is -2.12. The highest BCUT2D eigenvalue weighted by Crippen LogP contribution is 2.27. The lowest BCUT2D eigenvalue weighted by molar-refractivity contribution is 0.591. The van der Waals surface area contributed by atoms with Gasteiger partial charge in [-0.25, -0.2) is 19.3 Å². The molecule has 28 heavy (non-hydrogen) atoms. The standard InChI is InChI=1S/C21H21FN6/c1-3-14(2)10-24-21-25-11-15(12-26-21)20-27-18-8-9-23-13-19(18)28(20)17-6-4-16(22)5-7-17/h4-9,11-14H,3,10H2,1-2H3,(H,24,25,26). The Hall–Kier alpha value is -3.35. The van der Waals surface area contributed by atoms with Crippen LogP contribution in [0.15, 0.2) is 55.1 Å². The van der Waals surface area contributed by atoms with Crippen molar-refractivity contribution in [1.82, 2.24) is 24.5 Å². The normalized spacial score (nSPS) is 12.2. The summed E-state index contributed by atoms with van der Waals surface area (Å²) in [5.41, 5.74) is 3.21. The minimum atomic E-state index is -0.284. The molecule has 4 aromatic rings. The molecule has 142 valence electrons. The number of anilines is 1. The van der Waals surface area contributed by atoms with Gasteiger partial charge in [-0.3, -0.25) is 9.55 Å². The topological polar surface area (TPSA) is 68.5 Å². The molecule has 0 fully saturated rings. The Balaban J connectivity index is 1.74. The molecule has 3 aromatic heterocycles. The fraction of sp³-hybridized carbons (Fsp3) is 0.238. The quantitative estimate of drug-likeness (QED) is 0.537. The maximum absolute atomic E-state index is 13.4. The van der Waals surface area contributed by atoms with Gasteiger partial charge in [0, 0.05) is 30.8 Å². The second-order valence-electron chi connectivity index (χ2n) is 6.80. The Labute approximate surface area is 162 Å². The van der Waals surface area contributed by atoms with Crippen LogP contribution in [-0.2, 0) is 0 Å². The molecular weight excluding hydrogens is 355 g/mol. The van der Waals surface area contributed by atoms with E-state index in [9.17, 15) is 4.39 Å². The van der Waals surface area contributed by atoms with E-state index in [0.29, 0.717) is 17.7 Å². The first kappa shape index (κ1) is 18.0. The number of imidazole rings is 1. The molecule has 0 saturated carbocycles. The van der Waals surface area contributed by atoms with E-state index >= 15 is 0 Å². The van der Waals surface area contributed by atoms with Crippen LogP contribution in [-0.4, -0.2) is 31.0 Å². The van der Waals surface area contributed by atoms with Crippen molar-refractivity contribution < 1.29 is 4.39 Å². The summed E-state index contributed by atoms with van der Waals surface area (Å²) < 4.78 is 15.3. The number of rotatable bonds is 6. The zero-order valence-electron chi connectivity index (χ0n) is 15.8. The first-order valence-corrected chi connectivity index (χ1v) is 9.30. The van der Waals surface area contributed by atoms with Gasteiger partial charge in [-0.1, -0.05) is 20.3 Å². The molecule has 6 nitrogen and oxygen atoms in total. The number of fused-ring (bicyclic) bond motifs is 1. The number of aromatic nitrogens is 5. The number of halogens is 1. The molecule has 1 atom stereocenters. The van der Waals surface area contributed by atoms with Gasteiger partial charge in [0.1, 0.15) is 11.6 Å². The average Bonchev–Trinajstić information content (AvgIpc) is 3.12. The minimum Gasteiger partial charge on any atom is -0.354 e. The van der Waals surface area contributed by atoms with Gasteiger partial charge in [0.25, 0.3) is 0 Å². The maximum atomic E-state index is 13.4. The summed E-state index contributed by atoms with van der Waals surface area (Å²) in [5, 5.41) is 3.25. The summed E-state index contributed by atoms with van der Waals surface area (Å²) in [6.07, 6.45) is 8.05. The largest absolute Gasteiger partial charge is 0.354 e. The highest BCUT2D eigenvalue weighted by atomic mass is 19.1. The van der Waals surface area contributed by atoms with Crippen molar-refractivity contribution in [2.24, 2.45) is 5.92 Å². The molecule has 0 spiro atoms. The number of nitrogens with zero attached hydrogens (tertiary/aromatic N) is 5. The summed E-state index contributed by atoms with van der Waals surface area (Å²) in [6, 6.07) is 8.15. The van der Waals surface area contributed by atoms with Gasteiger partial charge in [-0.2, -0.15) is 0 Å². The van der Waals surface area contributed by atoms with E-state index in [-0.39, 0.29) is 5.82 Å². The van der Waals surface area contributed by atoms with E-state index in [1.54, 1.807) is 36.9 Å². The second-order valence-corrected chi connectivity index (χ2v) is 6.80. The Bertz CT molecular complexity index is 1070. The molecule has 0 aliphatic carbocycles. The van der Waals surface area contributed by atoms with Crippen LogP contribution in [0.25, 0.3) is 28.1 Å². The zero-order valence-corrected chi connectivity index (χ0v) is 15.8. The number of nitrogens with one attached hydrogen (secondary N) is 1. The van der Waals surface area contributed by atoms with Gasteiger partial charge >= 0.3 is 0 Å². The summed E-state index contributed by atoms with van der Waals surface area (Å²) in [5.74, 6) is 1.55. The highest BCUT2D eigenvalue weighted by molar-refractivity contribution is 5.82. The van der Waals surface area contributed by atoms with Gasteiger partial charge in [0.15, 0.2) is 0 Å². The highest BCUT2D eigenvalue weighted by Gasteiger charge is 2.15. The third kappa shape index (κ3) is 3.55. The van der Waals surface area contributed by atoms with Crippen molar-refractivity contribution in [3.8, 4) is 17.1 Å². The molecule has 0 radical (unpaired) electrons. The molecule has 0 amide bonds. The van der Waals surface area contributed by atoms with E-state index < -0.39 is 0 Å². The Morgan fingerprint density at radius 1 is 1.07 bits per heavy atom. The van der Waals surface area contributed by atoms with Gasteiger partial charge in [-0.05, 0) is 36.2 Å². The van der Waals surface area contributed by atoms with Gasteiger partial charge in [0.05, 0.1) is 22.8 Å². The predicted molar refractivity (Wildman–Crippen MR) is 108 cm³/mol. The van der Waals surface area contributed by atoms with Crippen LogP contribution in [0.4, 0.5) is 10.3 Å². The summed E-state index contributed by atoms with van der Waals surface area (Å²) >= 11 is 0. The molecule has 0 aliphatic rings.